The highest BCUT2D eigenvalue weighted by Gasteiger charge is 2.46. The molecule has 0 radical (unpaired) electrons. The number of halogens is 1. The third-order valence-corrected chi connectivity index (χ3v) is 4.92. The highest BCUT2D eigenvalue weighted by Crippen LogP contribution is 2.36. The molecule has 6 nitrogen and oxygen atoms in total. The van der Waals surface area contributed by atoms with Gasteiger partial charge in [-0.25, -0.2) is 0 Å². The van der Waals surface area contributed by atoms with E-state index < -0.39 is 11.8 Å². The lowest BCUT2D eigenvalue weighted by molar-refractivity contribution is -0.138. The average Bonchev–Trinajstić information content (AvgIpc) is 2.83. The third kappa shape index (κ3) is 2.90. The maximum absolute atomic E-state index is 12.7. The van der Waals surface area contributed by atoms with Crippen LogP contribution in [0.2, 0.25) is 0 Å². The number of methoxy groups -OCH3 is 1. The molecule has 2 aliphatic rings. The van der Waals surface area contributed by atoms with Crippen LogP contribution in [0.4, 0.5) is 5.69 Å². The molecule has 2 atom stereocenters. The molecule has 0 bridgehead atoms. The van der Waals surface area contributed by atoms with Crippen molar-refractivity contribution in [2.24, 2.45) is 11.8 Å². The van der Waals surface area contributed by atoms with Gasteiger partial charge in [-0.1, -0.05) is 0 Å². The molecule has 1 aromatic carbocycles. The first-order valence-electron chi connectivity index (χ1n) is 7.33. The Kier molecular flexibility index (Phi) is 4.50. The van der Waals surface area contributed by atoms with Crippen LogP contribution in [0.15, 0.2) is 22.7 Å². The van der Waals surface area contributed by atoms with Gasteiger partial charge in [0.25, 0.3) is 0 Å². The second kappa shape index (κ2) is 6.41. The van der Waals surface area contributed by atoms with Crippen molar-refractivity contribution in [2.75, 3.05) is 25.2 Å². The number of benzene rings is 1. The molecule has 3 rings (SSSR count). The molecule has 1 aromatic rings. The number of carbonyl (C=O) groups is 3. The molecule has 7 heteroatoms. The zero-order valence-corrected chi connectivity index (χ0v) is 14.2. The summed E-state index contributed by atoms with van der Waals surface area (Å²) in [4.78, 5) is 38.2. The summed E-state index contributed by atoms with van der Waals surface area (Å²) in [7, 11) is 1.51. The second-order valence-corrected chi connectivity index (χ2v) is 6.45. The predicted octanol–water partition coefficient (Wildman–Crippen LogP) is 1.94. The van der Waals surface area contributed by atoms with Crippen molar-refractivity contribution in [2.45, 2.75) is 12.8 Å². The topological polar surface area (TPSA) is 72.9 Å². The largest absolute Gasteiger partial charge is 0.495 e. The van der Waals surface area contributed by atoms with Crippen molar-refractivity contribution < 1.29 is 23.9 Å². The van der Waals surface area contributed by atoms with Gasteiger partial charge in [-0.05, 0) is 28.1 Å². The average molecular weight is 382 g/mol. The lowest BCUT2D eigenvalue weighted by Gasteiger charge is -2.25. The number of hydrogen-bond donors (Lipinski definition) is 0. The Morgan fingerprint density at radius 1 is 1.26 bits per heavy atom. The normalized spacial score (nSPS) is 25.1. The van der Waals surface area contributed by atoms with Gasteiger partial charge in [0.2, 0.25) is 11.8 Å². The minimum Gasteiger partial charge on any atom is -0.495 e. The quantitative estimate of drug-likeness (QED) is 0.748. The monoisotopic (exact) mass is 381 g/mol. The van der Waals surface area contributed by atoms with Crippen LogP contribution in [-0.4, -0.2) is 37.9 Å². The molecule has 0 N–H and O–H groups in total. The molecular weight excluding hydrogens is 366 g/mol. The summed E-state index contributed by atoms with van der Waals surface area (Å²) in [5, 5.41) is 0. The van der Waals surface area contributed by atoms with Crippen LogP contribution in [0.1, 0.15) is 12.8 Å². The van der Waals surface area contributed by atoms with E-state index in [1.165, 1.54) is 7.11 Å². The van der Waals surface area contributed by atoms with Crippen molar-refractivity contribution in [3.8, 4) is 5.75 Å². The number of carbonyl (C=O) groups excluding carboxylic acids is 3. The minimum absolute atomic E-state index is 0.00219. The second-order valence-electron chi connectivity index (χ2n) is 5.59. The van der Waals surface area contributed by atoms with Crippen molar-refractivity contribution >= 4 is 39.2 Å². The van der Waals surface area contributed by atoms with E-state index in [9.17, 15) is 14.4 Å². The predicted molar refractivity (Wildman–Crippen MR) is 85.2 cm³/mol. The van der Waals surface area contributed by atoms with E-state index in [0.29, 0.717) is 24.5 Å². The van der Waals surface area contributed by atoms with Crippen molar-refractivity contribution in [3.05, 3.63) is 22.7 Å². The van der Waals surface area contributed by atoms with E-state index in [1.54, 1.807) is 18.2 Å². The standard InChI is InChI=1S/C16H16BrNO5/c1-22-14-6-9(2-3-12(14)17)18-15(20)7-10(16(18)21)11-8-23-5-4-13(11)19/h2-3,6,10-11H,4-5,7-8H2,1H3/t10-,11?/m1/s1. The number of rotatable bonds is 3. The van der Waals surface area contributed by atoms with Crippen LogP contribution in [0.3, 0.4) is 0 Å². The summed E-state index contributed by atoms with van der Waals surface area (Å²) in [5.41, 5.74) is 0.451. The van der Waals surface area contributed by atoms with Gasteiger partial charge in [0.15, 0.2) is 0 Å². The van der Waals surface area contributed by atoms with Gasteiger partial charge in [0.05, 0.1) is 42.3 Å². The van der Waals surface area contributed by atoms with Crippen molar-refractivity contribution in [3.63, 3.8) is 0 Å². The molecule has 0 aromatic heterocycles. The third-order valence-electron chi connectivity index (χ3n) is 4.26. The molecule has 0 spiro atoms. The molecule has 2 heterocycles. The molecule has 23 heavy (non-hydrogen) atoms. The van der Waals surface area contributed by atoms with Gasteiger partial charge in [-0.3, -0.25) is 19.3 Å². The number of anilines is 1. The fraction of sp³-hybridized carbons (Fsp3) is 0.438. The molecule has 0 saturated carbocycles. The van der Waals surface area contributed by atoms with E-state index in [0.717, 1.165) is 9.37 Å². The van der Waals surface area contributed by atoms with E-state index in [1.807, 2.05) is 0 Å². The Balaban J connectivity index is 1.88. The number of imide groups is 1. The van der Waals surface area contributed by atoms with Crippen LogP contribution in [0.5, 0.6) is 5.75 Å². The number of ether oxygens (including phenoxy) is 2. The minimum atomic E-state index is -0.634. The lowest BCUT2D eigenvalue weighted by Crippen LogP contribution is -2.38. The number of amides is 2. The van der Waals surface area contributed by atoms with Crippen LogP contribution in [0, 0.1) is 11.8 Å². The van der Waals surface area contributed by atoms with Gasteiger partial charge < -0.3 is 9.47 Å². The zero-order chi connectivity index (χ0) is 16.6. The molecule has 122 valence electrons. The Morgan fingerprint density at radius 3 is 2.74 bits per heavy atom. The first kappa shape index (κ1) is 16.1. The highest BCUT2D eigenvalue weighted by atomic mass is 79.9. The van der Waals surface area contributed by atoms with Gasteiger partial charge in [-0.2, -0.15) is 0 Å². The first-order chi connectivity index (χ1) is 11.0. The van der Waals surface area contributed by atoms with E-state index in [2.05, 4.69) is 15.9 Å². The van der Waals surface area contributed by atoms with Crippen LogP contribution in [-0.2, 0) is 19.1 Å². The summed E-state index contributed by atoms with van der Waals surface area (Å²) in [6.07, 6.45) is 0.339. The fourth-order valence-electron chi connectivity index (χ4n) is 3.03. The van der Waals surface area contributed by atoms with E-state index in [4.69, 9.17) is 9.47 Å². The summed E-state index contributed by atoms with van der Waals surface area (Å²) >= 11 is 3.34. The van der Waals surface area contributed by atoms with Gasteiger partial charge >= 0.3 is 0 Å². The summed E-state index contributed by atoms with van der Waals surface area (Å²) in [6.45, 7) is 0.595. The molecular formula is C16H16BrNO5. The Morgan fingerprint density at radius 2 is 2.04 bits per heavy atom. The molecule has 2 aliphatic heterocycles. The van der Waals surface area contributed by atoms with E-state index in [-0.39, 0.29) is 30.6 Å². The molecule has 2 fully saturated rings. The van der Waals surface area contributed by atoms with Crippen molar-refractivity contribution in [1.29, 1.82) is 0 Å². The van der Waals surface area contributed by atoms with Gasteiger partial charge in [0.1, 0.15) is 11.5 Å². The molecule has 1 unspecified atom stereocenters. The van der Waals surface area contributed by atoms with E-state index >= 15 is 0 Å². The Hall–Kier alpha value is -1.73. The highest BCUT2D eigenvalue weighted by molar-refractivity contribution is 9.10. The smallest absolute Gasteiger partial charge is 0.238 e. The van der Waals surface area contributed by atoms with Gasteiger partial charge in [-0.15, -0.1) is 0 Å². The number of Topliss-reactive ketones (excluding diaryl/α,β-unsaturated/α-hetero) is 1. The van der Waals surface area contributed by atoms with Gasteiger partial charge in [0, 0.05) is 18.9 Å². The summed E-state index contributed by atoms with van der Waals surface area (Å²) < 4.78 is 11.2. The zero-order valence-electron chi connectivity index (χ0n) is 12.6. The fourth-order valence-corrected chi connectivity index (χ4v) is 3.44. The van der Waals surface area contributed by atoms with Crippen LogP contribution < -0.4 is 9.64 Å². The summed E-state index contributed by atoms with van der Waals surface area (Å²) in [5.74, 6) is -1.28. The molecule has 0 aliphatic carbocycles. The molecule has 2 saturated heterocycles. The Labute approximate surface area is 141 Å². The number of hydrogen-bond acceptors (Lipinski definition) is 5. The number of nitrogens with zero attached hydrogens (tertiary/aromatic N) is 1. The Bertz CT molecular complexity index is 674. The maximum atomic E-state index is 12.7. The first-order valence-corrected chi connectivity index (χ1v) is 8.13. The molecule has 2 amide bonds. The van der Waals surface area contributed by atoms with Crippen LogP contribution in [0.25, 0.3) is 0 Å². The lowest BCUT2D eigenvalue weighted by atomic mass is 9.85. The maximum Gasteiger partial charge on any atom is 0.238 e. The van der Waals surface area contributed by atoms with Crippen molar-refractivity contribution in [1.82, 2.24) is 0 Å². The number of ketones is 1. The SMILES string of the molecule is COc1cc(N2C(=O)C[C@H](C3COCCC3=O)C2=O)ccc1Br. The summed E-state index contributed by atoms with van der Waals surface area (Å²) in [6, 6.07) is 5.02. The van der Waals surface area contributed by atoms with Crippen LogP contribution >= 0.6 is 15.9 Å².